The third-order valence-electron chi connectivity index (χ3n) is 5.05. The number of aliphatic hydroxyl groups is 1. The van der Waals surface area contributed by atoms with Crippen molar-refractivity contribution in [1.82, 2.24) is 15.0 Å². The standard InChI is InChI=1S/C22H17N5O3S/c1-30-22(29)19-13(12-6-2-3-7-14(12)25-19)10-24-27-11-16(28)18(20(27)23)21-26-15-8-4-5-9-17(15)31-21/h2-10,23,25,28H,11H2,1H3. The predicted molar refractivity (Wildman–Crippen MR) is 121 cm³/mol. The van der Waals surface area contributed by atoms with Gasteiger partial charge in [0.1, 0.15) is 23.0 Å². The molecule has 3 N–H and O–H groups in total. The molecule has 9 heteroatoms. The quantitative estimate of drug-likeness (QED) is 0.332. The van der Waals surface area contributed by atoms with Gasteiger partial charge in [-0.1, -0.05) is 30.3 Å². The van der Waals surface area contributed by atoms with Gasteiger partial charge in [0, 0.05) is 16.5 Å². The van der Waals surface area contributed by atoms with Gasteiger partial charge in [-0.15, -0.1) is 11.3 Å². The van der Waals surface area contributed by atoms with E-state index in [9.17, 15) is 9.90 Å². The summed E-state index contributed by atoms with van der Waals surface area (Å²) in [5, 5.41) is 26.2. The first-order valence-electron chi connectivity index (χ1n) is 9.44. The van der Waals surface area contributed by atoms with E-state index in [1.807, 2.05) is 48.5 Å². The Hall–Kier alpha value is -3.98. The summed E-state index contributed by atoms with van der Waals surface area (Å²) >= 11 is 1.42. The van der Waals surface area contributed by atoms with Crippen LogP contribution >= 0.6 is 11.3 Å². The Morgan fingerprint density at radius 3 is 2.87 bits per heavy atom. The number of carbonyl (C=O) groups is 1. The molecule has 0 saturated heterocycles. The molecule has 0 atom stereocenters. The summed E-state index contributed by atoms with van der Waals surface area (Å²) in [7, 11) is 1.32. The lowest BCUT2D eigenvalue weighted by Crippen LogP contribution is -2.21. The Bertz CT molecular complexity index is 1380. The Labute approximate surface area is 180 Å². The zero-order valence-corrected chi connectivity index (χ0v) is 17.2. The van der Waals surface area contributed by atoms with Crippen molar-refractivity contribution in [2.45, 2.75) is 0 Å². The Kier molecular flexibility index (Phi) is 4.52. The molecule has 0 spiro atoms. The maximum absolute atomic E-state index is 12.2. The molecule has 0 aliphatic carbocycles. The number of nitrogens with one attached hydrogen (secondary N) is 2. The lowest BCUT2D eigenvalue weighted by Gasteiger charge is -2.11. The van der Waals surface area contributed by atoms with E-state index in [1.165, 1.54) is 29.7 Å². The van der Waals surface area contributed by atoms with E-state index in [-0.39, 0.29) is 23.8 Å². The first-order chi connectivity index (χ1) is 15.1. The summed E-state index contributed by atoms with van der Waals surface area (Å²) in [6.45, 7) is 0.0521. The van der Waals surface area contributed by atoms with Gasteiger partial charge in [0.15, 0.2) is 5.84 Å². The van der Waals surface area contributed by atoms with Crippen LogP contribution < -0.4 is 0 Å². The fourth-order valence-corrected chi connectivity index (χ4v) is 4.59. The first-order valence-corrected chi connectivity index (χ1v) is 10.3. The highest BCUT2D eigenvalue weighted by atomic mass is 32.1. The minimum atomic E-state index is -0.509. The largest absolute Gasteiger partial charge is 0.509 e. The molecular weight excluding hydrogens is 414 g/mol. The Morgan fingerprint density at radius 1 is 1.29 bits per heavy atom. The van der Waals surface area contributed by atoms with E-state index in [0.717, 1.165) is 21.1 Å². The number of amidine groups is 1. The van der Waals surface area contributed by atoms with Gasteiger partial charge in [-0.3, -0.25) is 5.41 Å². The van der Waals surface area contributed by atoms with Crippen LogP contribution in [0.4, 0.5) is 0 Å². The number of H-pyrrole nitrogens is 1. The van der Waals surface area contributed by atoms with Crippen molar-refractivity contribution in [3.8, 4) is 0 Å². The highest BCUT2D eigenvalue weighted by Crippen LogP contribution is 2.33. The second-order valence-electron chi connectivity index (χ2n) is 6.91. The molecule has 0 unspecified atom stereocenters. The number of para-hydroxylation sites is 2. The van der Waals surface area contributed by atoms with Crippen LogP contribution in [0, 0.1) is 5.41 Å². The molecule has 31 heavy (non-hydrogen) atoms. The highest BCUT2D eigenvalue weighted by Gasteiger charge is 2.30. The summed E-state index contributed by atoms with van der Waals surface area (Å²) in [5.74, 6) is -0.425. The SMILES string of the molecule is COC(=O)c1[nH]c2ccccc2c1C=NN1CC(O)=C(c2nc3ccccc3s2)C1=N. The number of hydrogen-bond donors (Lipinski definition) is 3. The number of aliphatic hydroxyl groups excluding tert-OH is 1. The van der Waals surface area contributed by atoms with Gasteiger partial charge in [0.25, 0.3) is 0 Å². The predicted octanol–water partition coefficient (Wildman–Crippen LogP) is 4.16. The average Bonchev–Trinajstić information content (AvgIpc) is 3.44. The molecule has 2 aromatic heterocycles. The van der Waals surface area contributed by atoms with Crippen LogP contribution in [-0.4, -0.2) is 51.8 Å². The monoisotopic (exact) mass is 431 g/mol. The molecule has 2 aromatic carbocycles. The van der Waals surface area contributed by atoms with Crippen LogP contribution in [0.1, 0.15) is 21.1 Å². The van der Waals surface area contributed by atoms with Crippen LogP contribution in [0.3, 0.4) is 0 Å². The number of esters is 1. The number of hydrogen-bond acceptors (Lipinski definition) is 7. The lowest BCUT2D eigenvalue weighted by atomic mass is 10.1. The molecule has 3 heterocycles. The van der Waals surface area contributed by atoms with E-state index >= 15 is 0 Å². The minimum Gasteiger partial charge on any atom is -0.509 e. The van der Waals surface area contributed by atoms with Crippen LogP contribution in [-0.2, 0) is 4.74 Å². The van der Waals surface area contributed by atoms with Crippen LogP contribution in [0.15, 0.2) is 59.4 Å². The van der Waals surface area contributed by atoms with Gasteiger partial charge in [-0.2, -0.15) is 5.10 Å². The number of hydrazone groups is 1. The topological polar surface area (TPSA) is 115 Å². The van der Waals surface area contributed by atoms with Gasteiger partial charge in [-0.25, -0.2) is 14.8 Å². The smallest absolute Gasteiger partial charge is 0.355 e. The van der Waals surface area contributed by atoms with Crippen molar-refractivity contribution in [1.29, 1.82) is 5.41 Å². The summed E-state index contributed by atoms with van der Waals surface area (Å²) in [6.07, 6.45) is 1.51. The van der Waals surface area contributed by atoms with Gasteiger partial charge < -0.3 is 14.8 Å². The molecule has 0 fully saturated rings. The fourth-order valence-electron chi connectivity index (χ4n) is 3.56. The second kappa shape index (κ2) is 7.37. The van der Waals surface area contributed by atoms with Crippen LogP contribution in [0.5, 0.6) is 0 Å². The summed E-state index contributed by atoms with van der Waals surface area (Å²) in [4.78, 5) is 19.8. The van der Waals surface area contributed by atoms with Crippen molar-refractivity contribution < 1.29 is 14.6 Å². The normalized spacial score (nSPS) is 14.5. The molecule has 5 rings (SSSR count). The molecule has 0 amide bonds. The van der Waals surface area contributed by atoms with Gasteiger partial charge in [0.05, 0.1) is 29.1 Å². The molecule has 0 saturated carbocycles. The molecule has 1 aliphatic heterocycles. The number of rotatable bonds is 4. The third-order valence-corrected chi connectivity index (χ3v) is 6.11. The number of methoxy groups -OCH3 is 1. The van der Waals surface area contributed by atoms with Gasteiger partial charge >= 0.3 is 5.97 Å². The summed E-state index contributed by atoms with van der Waals surface area (Å²) in [6, 6.07) is 15.1. The number of benzene rings is 2. The van der Waals surface area contributed by atoms with Crippen molar-refractivity contribution in [3.63, 3.8) is 0 Å². The maximum Gasteiger partial charge on any atom is 0.355 e. The molecule has 0 bridgehead atoms. The van der Waals surface area contributed by atoms with Crippen molar-refractivity contribution in [2.75, 3.05) is 13.7 Å². The number of thiazole rings is 1. The van der Waals surface area contributed by atoms with E-state index in [1.54, 1.807) is 0 Å². The number of fused-ring (bicyclic) bond motifs is 2. The molecule has 154 valence electrons. The maximum atomic E-state index is 12.2. The Morgan fingerprint density at radius 2 is 2.06 bits per heavy atom. The molecular formula is C22H17N5O3S. The molecule has 0 radical (unpaired) electrons. The number of nitrogens with zero attached hydrogens (tertiary/aromatic N) is 3. The lowest BCUT2D eigenvalue weighted by molar-refractivity contribution is 0.0595. The number of aromatic amines is 1. The second-order valence-corrected chi connectivity index (χ2v) is 7.94. The molecule has 1 aliphatic rings. The fraction of sp³-hybridized carbons (Fsp3) is 0.0909. The van der Waals surface area contributed by atoms with Gasteiger partial charge in [0.2, 0.25) is 0 Å². The first kappa shape index (κ1) is 19.0. The minimum absolute atomic E-state index is 0.0355. The number of aromatic nitrogens is 2. The molecule has 8 nitrogen and oxygen atoms in total. The Balaban J connectivity index is 1.48. The third kappa shape index (κ3) is 3.15. The summed E-state index contributed by atoms with van der Waals surface area (Å²) < 4.78 is 5.86. The number of carbonyl (C=O) groups excluding carboxylic acids is 1. The van der Waals surface area contributed by atoms with Crippen LogP contribution in [0.2, 0.25) is 0 Å². The van der Waals surface area contributed by atoms with Gasteiger partial charge in [-0.05, 0) is 18.2 Å². The van der Waals surface area contributed by atoms with E-state index in [0.29, 0.717) is 16.1 Å². The van der Waals surface area contributed by atoms with Crippen molar-refractivity contribution in [3.05, 3.63) is 70.6 Å². The van der Waals surface area contributed by atoms with E-state index < -0.39 is 5.97 Å². The van der Waals surface area contributed by atoms with Crippen molar-refractivity contribution >= 4 is 56.0 Å². The van der Waals surface area contributed by atoms with E-state index in [2.05, 4.69) is 15.1 Å². The number of ether oxygens (including phenoxy) is 1. The van der Waals surface area contributed by atoms with E-state index in [4.69, 9.17) is 10.1 Å². The summed E-state index contributed by atoms with van der Waals surface area (Å²) in [5.41, 5.74) is 2.80. The zero-order chi connectivity index (χ0) is 21.5. The average molecular weight is 431 g/mol. The zero-order valence-electron chi connectivity index (χ0n) is 16.4. The highest BCUT2D eigenvalue weighted by molar-refractivity contribution is 7.19. The van der Waals surface area contributed by atoms with Crippen molar-refractivity contribution in [2.24, 2.45) is 5.10 Å². The van der Waals surface area contributed by atoms with Crippen LogP contribution in [0.25, 0.3) is 26.7 Å². The molecule has 4 aromatic rings.